The van der Waals surface area contributed by atoms with E-state index in [1.807, 2.05) is 12.1 Å². The van der Waals surface area contributed by atoms with Gasteiger partial charge in [-0.15, -0.1) is 0 Å². The van der Waals surface area contributed by atoms with Crippen LogP contribution in [0.4, 0.5) is 5.69 Å². The fourth-order valence-corrected chi connectivity index (χ4v) is 2.39. The molecule has 0 aromatic heterocycles. The van der Waals surface area contributed by atoms with E-state index in [9.17, 15) is 4.79 Å². The topological polar surface area (TPSA) is 58.4 Å². The molecule has 0 aliphatic carbocycles. The van der Waals surface area contributed by atoms with E-state index < -0.39 is 0 Å². The maximum atomic E-state index is 12.1. The lowest BCUT2D eigenvalue weighted by Gasteiger charge is -2.35. The summed E-state index contributed by atoms with van der Waals surface area (Å²) in [5, 5.41) is 3.08. The number of para-hydroxylation sites is 1. The summed E-state index contributed by atoms with van der Waals surface area (Å²) in [6.45, 7) is 3.21. The molecule has 2 unspecified atom stereocenters. The second kappa shape index (κ2) is 5.40. The zero-order valence-corrected chi connectivity index (χ0v) is 11.0. The molecule has 1 aromatic carbocycles. The van der Waals surface area contributed by atoms with Gasteiger partial charge in [0.2, 0.25) is 0 Å². The number of piperidine rings is 1. The Hall–Kier alpha value is -1.55. The minimum atomic E-state index is -0.0603. The molecule has 0 saturated carbocycles. The Bertz CT molecular complexity index is 433. The van der Waals surface area contributed by atoms with Gasteiger partial charge in [-0.3, -0.25) is 4.79 Å². The number of carbonyl (C=O) groups is 1. The van der Waals surface area contributed by atoms with Crippen LogP contribution in [0.15, 0.2) is 24.3 Å². The minimum Gasteiger partial charge on any atom is -0.398 e. The zero-order chi connectivity index (χ0) is 13.1. The lowest BCUT2D eigenvalue weighted by molar-refractivity contribution is 0.0897. The highest BCUT2D eigenvalue weighted by molar-refractivity contribution is 5.99. The van der Waals surface area contributed by atoms with Gasteiger partial charge in [0.1, 0.15) is 0 Å². The van der Waals surface area contributed by atoms with Crippen molar-refractivity contribution in [2.75, 3.05) is 19.3 Å². The molecule has 18 heavy (non-hydrogen) atoms. The first-order valence-corrected chi connectivity index (χ1v) is 6.43. The third kappa shape index (κ3) is 2.82. The van der Waals surface area contributed by atoms with Crippen LogP contribution in [-0.4, -0.2) is 36.5 Å². The summed E-state index contributed by atoms with van der Waals surface area (Å²) in [7, 11) is 2.12. The summed E-state index contributed by atoms with van der Waals surface area (Å²) in [5.74, 6) is -0.0603. The SMILES string of the molecule is CC1CC(NC(=O)c2ccccc2N)CCN1C. The maximum absolute atomic E-state index is 12.1. The molecule has 98 valence electrons. The van der Waals surface area contributed by atoms with Crippen LogP contribution in [-0.2, 0) is 0 Å². The number of rotatable bonds is 2. The molecule has 4 nitrogen and oxygen atoms in total. The van der Waals surface area contributed by atoms with Crippen LogP contribution in [0.1, 0.15) is 30.1 Å². The highest BCUT2D eigenvalue weighted by Gasteiger charge is 2.24. The average Bonchev–Trinajstić information content (AvgIpc) is 2.34. The van der Waals surface area contributed by atoms with Crippen molar-refractivity contribution in [2.45, 2.75) is 31.8 Å². The summed E-state index contributed by atoms with van der Waals surface area (Å²) in [6.07, 6.45) is 1.99. The van der Waals surface area contributed by atoms with Crippen molar-refractivity contribution in [1.82, 2.24) is 10.2 Å². The van der Waals surface area contributed by atoms with Gasteiger partial charge >= 0.3 is 0 Å². The molecule has 0 bridgehead atoms. The molecule has 2 atom stereocenters. The number of hydrogen-bond acceptors (Lipinski definition) is 3. The fraction of sp³-hybridized carbons (Fsp3) is 0.500. The molecule has 1 saturated heterocycles. The summed E-state index contributed by atoms with van der Waals surface area (Å²) in [5.41, 5.74) is 6.92. The van der Waals surface area contributed by atoms with Gasteiger partial charge in [0, 0.05) is 24.3 Å². The molecule has 3 N–H and O–H groups in total. The summed E-state index contributed by atoms with van der Waals surface area (Å²) >= 11 is 0. The first-order valence-electron chi connectivity index (χ1n) is 6.43. The number of nitrogens with one attached hydrogen (secondary N) is 1. The van der Waals surface area contributed by atoms with E-state index in [1.165, 1.54) is 0 Å². The van der Waals surface area contributed by atoms with Crippen molar-refractivity contribution in [3.05, 3.63) is 29.8 Å². The second-order valence-corrected chi connectivity index (χ2v) is 5.11. The first kappa shape index (κ1) is 12.9. The fourth-order valence-electron chi connectivity index (χ4n) is 2.39. The van der Waals surface area contributed by atoms with E-state index in [-0.39, 0.29) is 11.9 Å². The van der Waals surface area contributed by atoms with Crippen molar-refractivity contribution in [2.24, 2.45) is 0 Å². The van der Waals surface area contributed by atoms with Crippen molar-refractivity contribution in [3.63, 3.8) is 0 Å². The van der Waals surface area contributed by atoms with Gasteiger partial charge in [-0.1, -0.05) is 12.1 Å². The largest absolute Gasteiger partial charge is 0.398 e. The second-order valence-electron chi connectivity index (χ2n) is 5.11. The Morgan fingerprint density at radius 3 is 2.83 bits per heavy atom. The van der Waals surface area contributed by atoms with Crippen molar-refractivity contribution >= 4 is 11.6 Å². The molecule has 0 spiro atoms. The van der Waals surface area contributed by atoms with Crippen LogP contribution in [0.5, 0.6) is 0 Å². The Morgan fingerprint density at radius 1 is 1.44 bits per heavy atom. The smallest absolute Gasteiger partial charge is 0.253 e. The Morgan fingerprint density at radius 2 is 2.17 bits per heavy atom. The van der Waals surface area contributed by atoms with Gasteiger partial charge in [0.15, 0.2) is 0 Å². The van der Waals surface area contributed by atoms with E-state index in [1.54, 1.807) is 12.1 Å². The number of likely N-dealkylation sites (tertiary alicyclic amines) is 1. The number of benzene rings is 1. The van der Waals surface area contributed by atoms with Gasteiger partial charge in [-0.05, 0) is 38.9 Å². The molecule has 1 aliphatic rings. The lowest BCUT2D eigenvalue weighted by atomic mass is 9.98. The molecule has 2 rings (SSSR count). The standard InChI is InChI=1S/C14H21N3O/c1-10-9-11(7-8-17(10)2)16-14(18)12-5-3-4-6-13(12)15/h3-6,10-11H,7-9,15H2,1-2H3,(H,16,18). The number of nitrogen functional groups attached to an aromatic ring is 1. The molecule has 1 amide bonds. The highest BCUT2D eigenvalue weighted by atomic mass is 16.1. The molecule has 1 aromatic rings. The van der Waals surface area contributed by atoms with E-state index in [4.69, 9.17) is 5.73 Å². The normalized spacial score (nSPS) is 24.8. The monoisotopic (exact) mass is 247 g/mol. The Balaban J connectivity index is 1.98. The van der Waals surface area contributed by atoms with Gasteiger partial charge in [0.05, 0.1) is 5.56 Å². The number of hydrogen-bond donors (Lipinski definition) is 2. The van der Waals surface area contributed by atoms with Gasteiger partial charge in [0.25, 0.3) is 5.91 Å². The van der Waals surface area contributed by atoms with Gasteiger partial charge in [-0.2, -0.15) is 0 Å². The lowest BCUT2D eigenvalue weighted by Crippen LogP contribution is -2.47. The number of amides is 1. The number of nitrogens with zero attached hydrogens (tertiary/aromatic N) is 1. The van der Waals surface area contributed by atoms with Crippen LogP contribution in [0, 0.1) is 0 Å². The maximum Gasteiger partial charge on any atom is 0.253 e. The van der Waals surface area contributed by atoms with Crippen molar-refractivity contribution < 1.29 is 4.79 Å². The quantitative estimate of drug-likeness (QED) is 0.778. The molecule has 1 aliphatic heterocycles. The molecule has 4 heteroatoms. The molecule has 0 radical (unpaired) electrons. The van der Waals surface area contributed by atoms with Crippen LogP contribution >= 0.6 is 0 Å². The van der Waals surface area contributed by atoms with Crippen LogP contribution in [0.3, 0.4) is 0 Å². The van der Waals surface area contributed by atoms with E-state index in [0.29, 0.717) is 17.3 Å². The molecule has 1 fully saturated rings. The Labute approximate surface area is 108 Å². The summed E-state index contributed by atoms with van der Waals surface area (Å²) < 4.78 is 0. The molecular weight excluding hydrogens is 226 g/mol. The third-order valence-electron chi connectivity index (χ3n) is 3.75. The number of carbonyl (C=O) groups excluding carboxylic acids is 1. The van der Waals surface area contributed by atoms with E-state index in [2.05, 4.69) is 24.2 Å². The number of nitrogens with two attached hydrogens (primary N) is 1. The minimum absolute atomic E-state index is 0.0603. The molecular formula is C14H21N3O. The predicted octanol–water partition coefficient (Wildman–Crippen LogP) is 1.48. The first-order chi connectivity index (χ1) is 8.58. The van der Waals surface area contributed by atoms with Crippen molar-refractivity contribution in [3.8, 4) is 0 Å². The van der Waals surface area contributed by atoms with Crippen LogP contribution in [0.2, 0.25) is 0 Å². The molecule has 1 heterocycles. The number of anilines is 1. The van der Waals surface area contributed by atoms with Crippen LogP contribution < -0.4 is 11.1 Å². The van der Waals surface area contributed by atoms with Crippen molar-refractivity contribution in [1.29, 1.82) is 0 Å². The van der Waals surface area contributed by atoms with Gasteiger partial charge < -0.3 is 16.0 Å². The summed E-state index contributed by atoms with van der Waals surface area (Å²) in [4.78, 5) is 14.4. The zero-order valence-electron chi connectivity index (χ0n) is 11.0. The summed E-state index contributed by atoms with van der Waals surface area (Å²) in [6, 6.07) is 7.96. The highest BCUT2D eigenvalue weighted by Crippen LogP contribution is 2.17. The Kier molecular flexibility index (Phi) is 3.87. The average molecular weight is 247 g/mol. The van der Waals surface area contributed by atoms with E-state index >= 15 is 0 Å². The predicted molar refractivity (Wildman–Crippen MR) is 73.4 cm³/mol. The third-order valence-corrected chi connectivity index (χ3v) is 3.75. The van der Waals surface area contributed by atoms with Crippen LogP contribution in [0.25, 0.3) is 0 Å². The van der Waals surface area contributed by atoms with E-state index in [0.717, 1.165) is 19.4 Å². The van der Waals surface area contributed by atoms with Gasteiger partial charge in [-0.25, -0.2) is 0 Å².